The number of methoxy groups -OCH3 is 1. The molecule has 0 unspecified atom stereocenters. The highest BCUT2D eigenvalue weighted by Gasteiger charge is 2.24. The Bertz CT molecular complexity index is 1320. The lowest BCUT2D eigenvalue weighted by Gasteiger charge is -2.08. The largest absolute Gasteiger partial charge is 0.465 e. The van der Waals surface area contributed by atoms with Crippen molar-refractivity contribution in [3.8, 4) is 10.4 Å². The van der Waals surface area contributed by atoms with Crippen LogP contribution in [0.15, 0.2) is 27.9 Å². The van der Waals surface area contributed by atoms with Gasteiger partial charge in [0.2, 0.25) is 5.91 Å². The van der Waals surface area contributed by atoms with Crippen LogP contribution in [0.4, 0.5) is 5.00 Å². The van der Waals surface area contributed by atoms with Crippen molar-refractivity contribution in [2.45, 2.75) is 31.2 Å². The van der Waals surface area contributed by atoms with Gasteiger partial charge in [-0.3, -0.25) is 4.79 Å². The van der Waals surface area contributed by atoms with Crippen LogP contribution in [0, 0.1) is 6.92 Å². The van der Waals surface area contributed by atoms with Gasteiger partial charge < -0.3 is 10.1 Å². The highest BCUT2D eigenvalue weighted by Crippen LogP contribution is 2.41. The van der Waals surface area contributed by atoms with E-state index in [9.17, 15) is 9.59 Å². The van der Waals surface area contributed by atoms with E-state index in [1.807, 2.05) is 29.8 Å². The van der Waals surface area contributed by atoms with E-state index in [1.165, 1.54) is 52.0 Å². The molecule has 0 spiro atoms. The number of aromatic nitrogens is 2. The molecular weight excluding hydrogens is 483 g/mol. The third kappa shape index (κ3) is 3.96. The third-order valence-corrected chi connectivity index (χ3v) is 9.16. The summed E-state index contributed by atoms with van der Waals surface area (Å²) in [5, 5.41) is 9.22. The van der Waals surface area contributed by atoms with Gasteiger partial charge in [-0.1, -0.05) is 17.8 Å². The molecule has 5 rings (SSSR count). The highest BCUT2D eigenvalue weighted by atomic mass is 32.2. The Labute approximate surface area is 201 Å². The zero-order valence-electron chi connectivity index (χ0n) is 17.4. The van der Waals surface area contributed by atoms with Crippen LogP contribution in [0.2, 0.25) is 0 Å². The summed E-state index contributed by atoms with van der Waals surface area (Å²) in [5.74, 6) is 0.269. The Morgan fingerprint density at radius 1 is 1.25 bits per heavy atom. The molecule has 4 aromatic heterocycles. The van der Waals surface area contributed by atoms with Crippen LogP contribution < -0.4 is 5.32 Å². The first-order valence-electron chi connectivity index (χ1n) is 10.0. The Hall–Kier alpha value is -2.27. The van der Waals surface area contributed by atoms with E-state index in [0.29, 0.717) is 16.4 Å². The van der Waals surface area contributed by atoms with Gasteiger partial charge in [0.25, 0.3) is 0 Å². The normalized spacial score (nSPS) is 12.8. The molecule has 0 atom stereocenters. The molecule has 0 bridgehead atoms. The average molecular weight is 502 g/mol. The number of aryl methyl sites for hydroxylation is 3. The van der Waals surface area contributed by atoms with Gasteiger partial charge in [0.15, 0.2) is 0 Å². The molecule has 0 saturated carbocycles. The van der Waals surface area contributed by atoms with Crippen LogP contribution in [0.3, 0.4) is 0 Å². The summed E-state index contributed by atoms with van der Waals surface area (Å²) in [4.78, 5) is 37.9. The minimum Gasteiger partial charge on any atom is -0.465 e. The van der Waals surface area contributed by atoms with Gasteiger partial charge in [-0.15, -0.1) is 34.0 Å². The van der Waals surface area contributed by atoms with E-state index in [2.05, 4.69) is 15.3 Å². The number of carbonyl (C=O) groups excluding carboxylic acids is 2. The lowest BCUT2D eigenvalue weighted by Crippen LogP contribution is -2.16. The molecule has 10 heteroatoms. The van der Waals surface area contributed by atoms with Crippen LogP contribution in [-0.4, -0.2) is 34.7 Å². The van der Waals surface area contributed by atoms with E-state index in [-0.39, 0.29) is 11.7 Å². The number of esters is 1. The van der Waals surface area contributed by atoms with Crippen molar-refractivity contribution in [2.24, 2.45) is 0 Å². The second kappa shape index (κ2) is 8.93. The maximum atomic E-state index is 12.8. The smallest absolute Gasteiger partial charge is 0.341 e. The fourth-order valence-corrected chi connectivity index (χ4v) is 7.89. The first-order chi connectivity index (χ1) is 15.5. The van der Waals surface area contributed by atoms with E-state index in [0.717, 1.165) is 44.9 Å². The number of thioether (sulfide) groups is 1. The maximum absolute atomic E-state index is 12.8. The van der Waals surface area contributed by atoms with Crippen LogP contribution in [0.25, 0.3) is 20.7 Å². The van der Waals surface area contributed by atoms with Crippen molar-refractivity contribution >= 4 is 72.9 Å². The summed E-state index contributed by atoms with van der Waals surface area (Å²) >= 11 is 6.04. The van der Waals surface area contributed by atoms with E-state index < -0.39 is 5.97 Å². The number of anilines is 1. The van der Waals surface area contributed by atoms with Crippen LogP contribution >= 0.6 is 45.8 Å². The number of carbonyl (C=O) groups is 2. The molecule has 0 fully saturated rings. The molecular formula is C22H19N3O3S4. The summed E-state index contributed by atoms with van der Waals surface area (Å²) in [6.07, 6.45) is 3.31. The summed E-state index contributed by atoms with van der Waals surface area (Å²) in [7, 11) is 1.35. The predicted octanol–water partition coefficient (Wildman–Crippen LogP) is 5.80. The number of thiophene rings is 3. The zero-order valence-corrected chi connectivity index (χ0v) is 20.7. The molecule has 1 amide bonds. The van der Waals surface area contributed by atoms with Crippen LogP contribution in [0.5, 0.6) is 0 Å². The zero-order chi connectivity index (χ0) is 22.2. The number of hydrogen-bond acceptors (Lipinski definition) is 9. The SMILES string of the molecule is COC(=O)c1c(-c2cccs2)csc1NC(=O)CSc1nc(C)nc2sc3c(c12)CCC3. The van der Waals surface area contributed by atoms with Crippen LogP contribution in [-0.2, 0) is 22.4 Å². The summed E-state index contributed by atoms with van der Waals surface area (Å²) in [6, 6.07) is 3.88. The Morgan fingerprint density at radius 2 is 2.12 bits per heavy atom. The van der Waals surface area contributed by atoms with Gasteiger partial charge in [-0.05, 0) is 43.2 Å². The lowest BCUT2D eigenvalue weighted by molar-refractivity contribution is -0.113. The molecule has 1 aliphatic carbocycles. The molecule has 1 aliphatic rings. The predicted molar refractivity (Wildman–Crippen MR) is 133 cm³/mol. The second-order valence-electron chi connectivity index (χ2n) is 7.27. The molecule has 4 heterocycles. The van der Waals surface area contributed by atoms with Crippen LogP contribution in [0.1, 0.15) is 33.0 Å². The summed E-state index contributed by atoms with van der Waals surface area (Å²) in [5.41, 5.74) is 2.52. The van der Waals surface area contributed by atoms with Crippen molar-refractivity contribution in [3.05, 3.63) is 44.7 Å². The maximum Gasteiger partial charge on any atom is 0.341 e. The quantitative estimate of drug-likeness (QED) is 0.204. The number of rotatable bonds is 6. The fourth-order valence-electron chi connectivity index (χ4n) is 3.83. The first-order valence-corrected chi connectivity index (χ1v) is 13.6. The van der Waals surface area contributed by atoms with Crippen molar-refractivity contribution in [3.63, 3.8) is 0 Å². The average Bonchev–Trinajstić information content (AvgIpc) is 3.54. The molecule has 1 N–H and O–H groups in total. The van der Waals surface area contributed by atoms with E-state index in [1.54, 1.807) is 11.3 Å². The molecule has 32 heavy (non-hydrogen) atoms. The number of nitrogens with zero attached hydrogens (tertiary/aromatic N) is 2. The topological polar surface area (TPSA) is 81.2 Å². The summed E-state index contributed by atoms with van der Waals surface area (Å²) < 4.78 is 4.98. The molecule has 6 nitrogen and oxygen atoms in total. The van der Waals surface area contributed by atoms with Gasteiger partial charge >= 0.3 is 5.97 Å². The van der Waals surface area contributed by atoms with Crippen molar-refractivity contribution in [2.75, 3.05) is 18.2 Å². The highest BCUT2D eigenvalue weighted by molar-refractivity contribution is 8.00. The number of nitrogens with one attached hydrogen (secondary N) is 1. The molecule has 164 valence electrons. The van der Waals surface area contributed by atoms with Crippen molar-refractivity contribution < 1.29 is 14.3 Å². The Morgan fingerprint density at radius 3 is 2.91 bits per heavy atom. The molecule has 0 aromatic carbocycles. The molecule has 4 aromatic rings. The third-order valence-electron chi connectivity index (χ3n) is 5.20. The minimum absolute atomic E-state index is 0.184. The minimum atomic E-state index is -0.459. The Kier molecular flexibility index (Phi) is 6.02. The van der Waals surface area contributed by atoms with Crippen molar-refractivity contribution in [1.29, 1.82) is 0 Å². The van der Waals surface area contributed by atoms with Gasteiger partial charge in [0, 0.05) is 26.1 Å². The molecule has 0 aliphatic heterocycles. The number of amides is 1. The van der Waals surface area contributed by atoms with E-state index >= 15 is 0 Å². The monoisotopic (exact) mass is 501 g/mol. The van der Waals surface area contributed by atoms with Gasteiger partial charge in [0.1, 0.15) is 26.2 Å². The summed E-state index contributed by atoms with van der Waals surface area (Å²) in [6.45, 7) is 1.88. The molecule has 0 saturated heterocycles. The standard InChI is InChI=1S/C22H19N3O3S4/c1-11-23-19(17-12-5-3-6-15(12)32-21(17)24-11)31-10-16(26)25-20-18(22(27)28-2)13(9-30-20)14-7-4-8-29-14/h4,7-9H,3,5-6,10H2,1-2H3,(H,25,26). The number of fused-ring (bicyclic) bond motifs is 3. The molecule has 0 radical (unpaired) electrons. The first kappa shape index (κ1) is 21.6. The van der Waals surface area contributed by atoms with Crippen molar-refractivity contribution in [1.82, 2.24) is 9.97 Å². The Balaban J connectivity index is 1.37. The lowest BCUT2D eigenvalue weighted by atomic mass is 10.1. The fraction of sp³-hybridized carbons (Fsp3) is 0.273. The van der Waals surface area contributed by atoms with Gasteiger partial charge in [-0.2, -0.15) is 0 Å². The van der Waals surface area contributed by atoms with E-state index in [4.69, 9.17) is 4.74 Å². The van der Waals surface area contributed by atoms with Gasteiger partial charge in [-0.25, -0.2) is 14.8 Å². The second-order valence-corrected chi connectivity index (χ2v) is 11.1. The van der Waals surface area contributed by atoms with Gasteiger partial charge in [0.05, 0.1) is 12.9 Å². The number of ether oxygens (including phenoxy) is 1. The number of hydrogen-bond donors (Lipinski definition) is 1.